The van der Waals surface area contributed by atoms with Gasteiger partial charge in [-0.25, -0.2) is 0 Å². The van der Waals surface area contributed by atoms with Crippen LogP contribution >= 0.6 is 22.6 Å². The predicted octanol–water partition coefficient (Wildman–Crippen LogP) is 2.23. The van der Waals surface area contributed by atoms with Crippen molar-refractivity contribution in [1.82, 2.24) is 9.97 Å². The Balaban J connectivity index is 2.83. The lowest BCUT2D eigenvalue weighted by Crippen LogP contribution is -1.81. The lowest BCUT2D eigenvalue weighted by Gasteiger charge is -1.94. The highest BCUT2D eigenvalue weighted by atomic mass is 127. The molecule has 0 N–H and O–H groups in total. The number of nitrogens with zero attached hydrogens (tertiary/aromatic N) is 2. The molecule has 0 spiro atoms. The van der Waals surface area contributed by atoms with E-state index in [0.717, 1.165) is 11.0 Å². The van der Waals surface area contributed by atoms with Crippen LogP contribution in [0.5, 0.6) is 0 Å². The molecule has 0 amide bonds. The minimum absolute atomic E-state index is 0.952. The van der Waals surface area contributed by atoms with Crippen LogP contribution in [0.15, 0.2) is 30.6 Å². The van der Waals surface area contributed by atoms with Gasteiger partial charge in [-0.2, -0.15) is 0 Å². The Morgan fingerprint density at radius 2 is 1.73 bits per heavy atom. The van der Waals surface area contributed by atoms with Crippen molar-refractivity contribution in [3.63, 3.8) is 0 Å². The zero-order valence-corrected chi connectivity index (χ0v) is 7.82. The molecule has 1 aromatic carbocycles. The molecule has 0 atom stereocenters. The summed E-state index contributed by atoms with van der Waals surface area (Å²) >= 11 is 2.26. The molecule has 1 heterocycles. The summed E-state index contributed by atoms with van der Waals surface area (Å²) in [6.45, 7) is 0. The maximum Gasteiger partial charge on any atom is 0.0897 e. The molecular weight excluding hydrogens is 251 g/mol. The van der Waals surface area contributed by atoms with Gasteiger partial charge in [-0.1, -0.05) is 0 Å². The molecule has 2 aromatic rings. The fourth-order valence-corrected chi connectivity index (χ4v) is 1.41. The third kappa shape index (κ3) is 1.33. The summed E-state index contributed by atoms with van der Waals surface area (Å²) in [5, 5.41) is 0. The van der Waals surface area contributed by atoms with Gasteiger partial charge in [0.1, 0.15) is 0 Å². The summed E-state index contributed by atoms with van der Waals surface area (Å²) in [5.41, 5.74) is 1.91. The van der Waals surface area contributed by atoms with Crippen molar-refractivity contribution in [3.8, 4) is 0 Å². The second kappa shape index (κ2) is 2.73. The van der Waals surface area contributed by atoms with Gasteiger partial charge < -0.3 is 0 Å². The van der Waals surface area contributed by atoms with Crippen molar-refractivity contribution in [2.75, 3.05) is 0 Å². The maximum atomic E-state index is 4.17. The van der Waals surface area contributed by atoms with Gasteiger partial charge in [0, 0.05) is 16.0 Å². The summed E-state index contributed by atoms with van der Waals surface area (Å²) < 4.78 is 1.19. The van der Waals surface area contributed by atoms with Crippen LogP contribution in [0.1, 0.15) is 0 Å². The number of halogens is 1. The molecule has 0 fully saturated rings. The van der Waals surface area contributed by atoms with Gasteiger partial charge in [-0.05, 0) is 40.8 Å². The first-order chi connectivity index (χ1) is 5.36. The van der Waals surface area contributed by atoms with E-state index in [9.17, 15) is 0 Å². The van der Waals surface area contributed by atoms with Crippen LogP contribution in [0.4, 0.5) is 0 Å². The van der Waals surface area contributed by atoms with E-state index in [1.54, 1.807) is 12.4 Å². The van der Waals surface area contributed by atoms with Crippen LogP contribution in [-0.4, -0.2) is 9.97 Å². The molecule has 0 aliphatic rings. The van der Waals surface area contributed by atoms with E-state index in [1.165, 1.54) is 3.57 Å². The van der Waals surface area contributed by atoms with Gasteiger partial charge in [0.05, 0.1) is 11.0 Å². The number of hydrogen-bond acceptors (Lipinski definition) is 2. The monoisotopic (exact) mass is 256 g/mol. The first-order valence-corrected chi connectivity index (χ1v) is 4.30. The first kappa shape index (κ1) is 6.97. The molecule has 0 bridgehead atoms. The predicted molar refractivity (Wildman–Crippen MR) is 52.3 cm³/mol. The van der Waals surface area contributed by atoms with E-state index in [0.29, 0.717) is 0 Å². The average molecular weight is 256 g/mol. The van der Waals surface area contributed by atoms with Crippen LogP contribution in [0.25, 0.3) is 11.0 Å². The Morgan fingerprint density at radius 1 is 1.00 bits per heavy atom. The number of fused-ring (bicyclic) bond motifs is 1. The van der Waals surface area contributed by atoms with Crippen molar-refractivity contribution in [2.45, 2.75) is 0 Å². The minimum atomic E-state index is 0.952. The molecule has 0 unspecified atom stereocenters. The largest absolute Gasteiger partial charge is 0.253 e. The molecule has 11 heavy (non-hydrogen) atoms. The molecule has 0 aliphatic heterocycles. The van der Waals surface area contributed by atoms with Crippen LogP contribution in [0, 0.1) is 3.57 Å². The van der Waals surface area contributed by atoms with Crippen LogP contribution < -0.4 is 0 Å². The third-order valence-corrected chi connectivity index (χ3v) is 2.10. The summed E-state index contributed by atoms with van der Waals surface area (Å²) in [5.74, 6) is 0. The molecule has 0 radical (unpaired) electrons. The zero-order chi connectivity index (χ0) is 7.68. The Labute approximate surface area is 77.8 Å². The highest BCUT2D eigenvalue weighted by Gasteiger charge is 1.93. The second-order valence-electron chi connectivity index (χ2n) is 2.19. The smallest absolute Gasteiger partial charge is 0.0897 e. The second-order valence-corrected chi connectivity index (χ2v) is 3.44. The molecule has 2 rings (SSSR count). The van der Waals surface area contributed by atoms with Gasteiger partial charge in [-0.15, -0.1) is 0 Å². The summed E-state index contributed by atoms with van der Waals surface area (Å²) in [6, 6.07) is 6.02. The third-order valence-electron chi connectivity index (χ3n) is 1.43. The standard InChI is InChI=1S/C8H5IN2/c9-6-1-2-7-8(5-6)11-4-3-10-7/h1-5H. The van der Waals surface area contributed by atoms with Crippen molar-refractivity contribution in [2.24, 2.45) is 0 Å². The van der Waals surface area contributed by atoms with E-state index in [1.807, 2.05) is 18.2 Å². The summed E-state index contributed by atoms with van der Waals surface area (Å²) in [6.07, 6.45) is 3.41. The van der Waals surface area contributed by atoms with Gasteiger partial charge in [0.25, 0.3) is 0 Å². The van der Waals surface area contributed by atoms with Gasteiger partial charge in [-0.3, -0.25) is 9.97 Å². The molecule has 3 heteroatoms. The van der Waals surface area contributed by atoms with E-state index >= 15 is 0 Å². The normalized spacial score (nSPS) is 10.3. The SMILES string of the molecule is Ic1ccc2nccnc2c1. The molecule has 2 nitrogen and oxygen atoms in total. The highest BCUT2D eigenvalue weighted by Crippen LogP contribution is 2.11. The number of aromatic nitrogens is 2. The Hall–Kier alpha value is -0.710. The average Bonchev–Trinajstić information content (AvgIpc) is 2.04. The fourth-order valence-electron chi connectivity index (χ4n) is 0.936. The van der Waals surface area contributed by atoms with Gasteiger partial charge >= 0.3 is 0 Å². The Kier molecular flexibility index (Phi) is 1.73. The number of benzene rings is 1. The lowest BCUT2D eigenvalue weighted by atomic mass is 10.3. The molecular formula is C8H5IN2. The van der Waals surface area contributed by atoms with Crippen LogP contribution in [0.2, 0.25) is 0 Å². The maximum absolute atomic E-state index is 4.17. The lowest BCUT2D eigenvalue weighted by molar-refractivity contribution is 1.29. The quantitative estimate of drug-likeness (QED) is 0.675. The van der Waals surface area contributed by atoms with Gasteiger partial charge in [0.15, 0.2) is 0 Å². The van der Waals surface area contributed by atoms with E-state index < -0.39 is 0 Å². The topological polar surface area (TPSA) is 25.8 Å². The van der Waals surface area contributed by atoms with Crippen molar-refractivity contribution < 1.29 is 0 Å². The van der Waals surface area contributed by atoms with E-state index in [-0.39, 0.29) is 0 Å². The van der Waals surface area contributed by atoms with Crippen molar-refractivity contribution >= 4 is 33.6 Å². The zero-order valence-electron chi connectivity index (χ0n) is 5.66. The summed E-state index contributed by atoms with van der Waals surface area (Å²) in [7, 11) is 0. The van der Waals surface area contributed by atoms with Gasteiger partial charge in [0.2, 0.25) is 0 Å². The summed E-state index contributed by atoms with van der Waals surface area (Å²) in [4.78, 5) is 8.33. The number of rotatable bonds is 0. The van der Waals surface area contributed by atoms with Crippen molar-refractivity contribution in [3.05, 3.63) is 34.2 Å². The molecule has 1 aromatic heterocycles. The van der Waals surface area contributed by atoms with E-state index in [2.05, 4.69) is 32.6 Å². The molecule has 54 valence electrons. The number of hydrogen-bond donors (Lipinski definition) is 0. The Bertz CT molecular complexity index is 387. The fraction of sp³-hybridized carbons (Fsp3) is 0. The van der Waals surface area contributed by atoms with E-state index in [4.69, 9.17) is 0 Å². The minimum Gasteiger partial charge on any atom is -0.253 e. The van der Waals surface area contributed by atoms with Crippen molar-refractivity contribution in [1.29, 1.82) is 0 Å². The Morgan fingerprint density at radius 3 is 2.55 bits per heavy atom. The highest BCUT2D eigenvalue weighted by molar-refractivity contribution is 14.1. The first-order valence-electron chi connectivity index (χ1n) is 3.22. The van der Waals surface area contributed by atoms with Crippen LogP contribution in [0.3, 0.4) is 0 Å². The molecule has 0 saturated heterocycles. The van der Waals surface area contributed by atoms with Crippen LogP contribution in [-0.2, 0) is 0 Å². The molecule has 0 saturated carbocycles. The molecule has 0 aliphatic carbocycles.